The number of hydrogen-bond donors (Lipinski definition) is 1. The smallest absolute Gasteiger partial charge is 0.124 e. The highest BCUT2D eigenvalue weighted by atomic mass is 19.1. The topological polar surface area (TPSA) is 35.8 Å². The molecule has 0 unspecified atom stereocenters. The molecule has 0 aromatic heterocycles. The molecule has 0 spiro atoms. The Morgan fingerprint density at radius 3 is 2.88 bits per heavy atom. The first-order valence-corrected chi connectivity index (χ1v) is 5.68. The predicted octanol–water partition coefficient (Wildman–Crippen LogP) is 2.59. The molecule has 1 aliphatic carbocycles. The van der Waals surface area contributed by atoms with Crippen molar-refractivity contribution in [3.63, 3.8) is 0 Å². The lowest BCUT2D eigenvalue weighted by molar-refractivity contribution is 0.601. The van der Waals surface area contributed by atoms with Gasteiger partial charge in [-0.1, -0.05) is 12.8 Å². The van der Waals surface area contributed by atoms with Crippen LogP contribution in [0.3, 0.4) is 0 Å². The fourth-order valence-corrected chi connectivity index (χ4v) is 1.76. The number of benzene rings is 1. The molecule has 0 amide bonds. The zero-order valence-electron chi connectivity index (χ0n) is 9.17. The van der Waals surface area contributed by atoms with Gasteiger partial charge >= 0.3 is 0 Å². The third-order valence-electron chi connectivity index (χ3n) is 2.84. The lowest BCUT2D eigenvalue weighted by Gasteiger charge is -2.05. The lowest BCUT2D eigenvalue weighted by Crippen LogP contribution is -2.15. The summed E-state index contributed by atoms with van der Waals surface area (Å²) in [6, 6.07) is 6.42. The van der Waals surface area contributed by atoms with Crippen molar-refractivity contribution >= 4 is 0 Å². The molecule has 3 heteroatoms. The molecule has 0 radical (unpaired) electrons. The molecule has 0 saturated heterocycles. The Morgan fingerprint density at radius 1 is 1.38 bits per heavy atom. The average Bonchev–Trinajstić information content (AvgIpc) is 3.07. The minimum Gasteiger partial charge on any atom is -0.313 e. The van der Waals surface area contributed by atoms with Gasteiger partial charge in [0.2, 0.25) is 0 Å². The molecule has 2 nitrogen and oxygen atoms in total. The minimum atomic E-state index is -0.335. The minimum absolute atomic E-state index is 0.335. The van der Waals surface area contributed by atoms with Gasteiger partial charge in [0.1, 0.15) is 5.82 Å². The van der Waals surface area contributed by atoms with Crippen molar-refractivity contribution in [2.75, 3.05) is 6.54 Å². The van der Waals surface area contributed by atoms with E-state index < -0.39 is 0 Å². The zero-order chi connectivity index (χ0) is 11.4. The third kappa shape index (κ3) is 3.32. The average molecular weight is 218 g/mol. The van der Waals surface area contributed by atoms with Crippen LogP contribution in [0.4, 0.5) is 4.39 Å². The molecular weight excluding hydrogens is 203 g/mol. The van der Waals surface area contributed by atoms with E-state index in [1.165, 1.54) is 31.4 Å². The number of nitrogens with one attached hydrogen (secondary N) is 1. The third-order valence-corrected chi connectivity index (χ3v) is 2.84. The van der Waals surface area contributed by atoms with Crippen molar-refractivity contribution in [1.29, 1.82) is 5.26 Å². The molecule has 1 saturated carbocycles. The maximum absolute atomic E-state index is 13.1. The van der Waals surface area contributed by atoms with Gasteiger partial charge in [0.05, 0.1) is 11.6 Å². The van der Waals surface area contributed by atoms with Crippen LogP contribution in [0.5, 0.6) is 0 Å². The summed E-state index contributed by atoms with van der Waals surface area (Å²) in [6.07, 6.45) is 3.93. The SMILES string of the molecule is N#Cc1cc(F)cc(CNCCC2CC2)c1. The van der Waals surface area contributed by atoms with E-state index in [0.717, 1.165) is 18.0 Å². The van der Waals surface area contributed by atoms with Crippen molar-refractivity contribution in [3.05, 3.63) is 35.1 Å². The van der Waals surface area contributed by atoms with Crippen molar-refractivity contribution in [1.82, 2.24) is 5.32 Å². The Labute approximate surface area is 95.1 Å². The first kappa shape index (κ1) is 11.1. The van der Waals surface area contributed by atoms with Crippen LogP contribution in [0.25, 0.3) is 0 Å². The molecule has 84 valence electrons. The van der Waals surface area contributed by atoms with E-state index in [2.05, 4.69) is 5.32 Å². The van der Waals surface area contributed by atoms with Crippen LogP contribution >= 0.6 is 0 Å². The van der Waals surface area contributed by atoms with Crippen LogP contribution in [-0.4, -0.2) is 6.54 Å². The van der Waals surface area contributed by atoms with Crippen molar-refractivity contribution in [3.8, 4) is 6.07 Å². The van der Waals surface area contributed by atoms with Crippen molar-refractivity contribution in [2.24, 2.45) is 5.92 Å². The second-order valence-corrected chi connectivity index (χ2v) is 4.37. The number of hydrogen-bond acceptors (Lipinski definition) is 2. The summed E-state index contributed by atoms with van der Waals surface area (Å²) in [5, 5.41) is 12.0. The fraction of sp³-hybridized carbons (Fsp3) is 0.462. The van der Waals surface area contributed by atoms with Gasteiger partial charge in [-0.05, 0) is 42.6 Å². The van der Waals surface area contributed by atoms with Crippen LogP contribution in [0.1, 0.15) is 30.4 Å². The van der Waals surface area contributed by atoms with E-state index in [4.69, 9.17) is 5.26 Å². The Morgan fingerprint density at radius 2 is 2.19 bits per heavy atom. The molecule has 1 aromatic carbocycles. The normalized spacial score (nSPS) is 14.8. The summed E-state index contributed by atoms with van der Waals surface area (Å²) in [5.41, 5.74) is 1.23. The van der Waals surface area contributed by atoms with E-state index in [0.29, 0.717) is 12.1 Å². The number of nitriles is 1. The summed E-state index contributed by atoms with van der Waals surface area (Å²) < 4.78 is 13.1. The Balaban J connectivity index is 1.83. The molecule has 1 aliphatic rings. The zero-order valence-corrected chi connectivity index (χ0v) is 9.17. The summed E-state index contributed by atoms with van der Waals surface area (Å²) in [4.78, 5) is 0. The number of nitrogens with zero attached hydrogens (tertiary/aromatic N) is 1. The molecule has 2 rings (SSSR count). The number of halogens is 1. The predicted molar refractivity (Wildman–Crippen MR) is 60.2 cm³/mol. The highest BCUT2D eigenvalue weighted by Crippen LogP contribution is 2.31. The highest BCUT2D eigenvalue weighted by Gasteiger charge is 2.19. The van der Waals surface area contributed by atoms with E-state index in [1.54, 1.807) is 6.07 Å². The molecule has 0 aliphatic heterocycles. The Bertz CT molecular complexity index is 405. The van der Waals surface area contributed by atoms with Gasteiger partial charge in [0.15, 0.2) is 0 Å². The van der Waals surface area contributed by atoms with Gasteiger partial charge in [-0.15, -0.1) is 0 Å². The quantitative estimate of drug-likeness (QED) is 0.771. The molecule has 0 heterocycles. The monoisotopic (exact) mass is 218 g/mol. The first-order chi connectivity index (χ1) is 7.78. The standard InChI is InChI=1S/C13H15FN2/c14-13-6-11(8-15)5-12(7-13)9-16-4-3-10-1-2-10/h5-7,10,16H,1-4,9H2. The van der Waals surface area contributed by atoms with Gasteiger partial charge in [-0.25, -0.2) is 4.39 Å². The highest BCUT2D eigenvalue weighted by molar-refractivity contribution is 5.33. The Kier molecular flexibility index (Phi) is 3.53. The maximum atomic E-state index is 13.1. The first-order valence-electron chi connectivity index (χ1n) is 5.68. The summed E-state index contributed by atoms with van der Waals surface area (Å²) in [6.45, 7) is 1.61. The summed E-state index contributed by atoms with van der Waals surface area (Å²) in [5.74, 6) is 0.577. The van der Waals surface area contributed by atoms with Crippen molar-refractivity contribution in [2.45, 2.75) is 25.8 Å². The van der Waals surface area contributed by atoms with Gasteiger partial charge < -0.3 is 5.32 Å². The molecule has 0 bridgehead atoms. The van der Waals surface area contributed by atoms with Crippen LogP contribution in [0.15, 0.2) is 18.2 Å². The van der Waals surface area contributed by atoms with E-state index in [-0.39, 0.29) is 5.82 Å². The van der Waals surface area contributed by atoms with Gasteiger partial charge in [-0.2, -0.15) is 5.26 Å². The fourth-order valence-electron chi connectivity index (χ4n) is 1.76. The van der Waals surface area contributed by atoms with Gasteiger partial charge in [0.25, 0.3) is 0 Å². The maximum Gasteiger partial charge on any atom is 0.124 e. The molecule has 1 fully saturated rings. The molecule has 16 heavy (non-hydrogen) atoms. The van der Waals surface area contributed by atoms with Gasteiger partial charge in [-0.3, -0.25) is 0 Å². The Hall–Kier alpha value is -1.40. The largest absolute Gasteiger partial charge is 0.313 e. The molecule has 0 atom stereocenters. The summed E-state index contributed by atoms with van der Waals surface area (Å²) >= 11 is 0. The van der Waals surface area contributed by atoms with E-state index >= 15 is 0 Å². The van der Waals surface area contributed by atoms with E-state index in [1.807, 2.05) is 6.07 Å². The van der Waals surface area contributed by atoms with Crippen LogP contribution in [-0.2, 0) is 6.54 Å². The molecular formula is C13H15FN2. The number of rotatable bonds is 5. The second kappa shape index (κ2) is 5.09. The molecule has 1 aromatic rings. The van der Waals surface area contributed by atoms with Crippen molar-refractivity contribution < 1.29 is 4.39 Å². The molecule has 1 N–H and O–H groups in total. The summed E-state index contributed by atoms with van der Waals surface area (Å²) in [7, 11) is 0. The van der Waals surface area contributed by atoms with Crippen LogP contribution in [0, 0.1) is 23.1 Å². The van der Waals surface area contributed by atoms with Crippen LogP contribution in [0.2, 0.25) is 0 Å². The van der Waals surface area contributed by atoms with E-state index in [9.17, 15) is 4.39 Å². The second-order valence-electron chi connectivity index (χ2n) is 4.37. The van der Waals surface area contributed by atoms with Crippen LogP contribution < -0.4 is 5.32 Å². The lowest BCUT2D eigenvalue weighted by atomic mass is 10.1. The van der Waals surface area contributed by atoms with Gasteiger partial charge in [0, 0.05) is 6.54 Å².